The summed E-state index contributed by atoms with van der Waals surface area (Å²) in [6.07, 6.45) is 0.905. The van der Waals surface area contributed by atoms with Crippen LogP contribution in [0.25, 0.3) is 11.0 Å². The van der Waals surface area contributed by atoms with Crippen LogP contribution < -0.4 is 4.90 Å². The quantitative estimate of drug-likeness (QED) is 0.671. The fourth-order valence-electron chi connectivity index (χ4n) is 3.36. The zero-order valence-electron chi connectivity index (χ0n) is 12.7. The van der Waals surface area contributed by atoms with Gasteiger partial charge in [-0.2, -0.15) is 0 Å². The summed E-state index contributed by atoms with van der Waals surface area (Å²) in [4.78, 5) is 14.8. The molecule has 0 spiro atoms. The van der Waals surface area contributed by atoms with Crippen molar-refractivity contribution < 1.29 is 9.21 Å². The average Bonchev–Trinajstić information content (AvgIpc) is 3.10. The van der Waals surface area contributed by atoms with E-state index >= 15 is 0 Å². The third kappa shape index (κ3) is 1.78. The summed E-state index contributed by atoms with van der Waals surface area (Å²) in [7, 11) is 0. The molecule has 2 heterocycles. The molecule has 1 aliphatic rings. The van der Waals surface area contributed by atoms with Crippen molar-refractivity contribution in [3.05, 3.63) is 64.9 Å². The number of rotatable bonds is 1. The summed E-state index contributed by atoms with van der Waals surface area (Å²) < 4.78 is 5.84. The molecule has 0 radical (unpaired) electrons. The molecule has 0 saturated carbocycles. The van der Waals surface area contributed by atoms with Gasteiger partial charge in [-0.15, -0.1) is 0 Å². The van der Waals surface area contributed by atoms with Gasteiger partial charge in [-0.3, -0.25) is 4.79 Å². The van der Waals surface area contributed by atoms with Crippen molar-refractivity contribution in [1.82, 2.24) is 0 Å². The Morgan fingerprint density at radius 3 is 2.73 bits per heavy atom. The highest BCUT2D eigenvalue weighted by atomic mass is 16.3. The van der Waals surface area contributed by atoms with Gasteiger partial charge in [-0.25, -0.2) is 0 Å². The molecule has 1 aromatic heterocycles. The number of anilines is 1. The van der Waals surface area contributed by atoms with E-state index in [4.69, 9.17) is 4.42 Å². The molecule has 0 atom stereocenters. The first-order valence-electron chi connectivity index (χ1n) is 7.55. The molecule has 22 heavy (non-hydrogen) atoms. The van der Waals surface area contributed by atoms with Crippen molar-refractivity contribution in [2.24, 2.45) is 0 Å². The summed E-state index contributed by atoms with van der Waals surface area (Å²) in [6.45, 7) is 4.72. The Balaban J connectivity index is 1.82. The maximum atomic E-state index is 13.0. The minimum atomic E-state index is -0.0400. The molecule has 2 aromatic carbocycles. The smallest absolute Gasteiger partial charge is 0.294 e. The summed E-state index contributed by atoms with van der Waals surface area (Å²) in [5.41, 5.74) is 5.11. The third-order valence-corrected chi connectivity index (χ3v) is 4.48. The van der Waals surface area contributed by atoms with E-state index in [0.717, 1.165) is 40.7 Å². The van der Waals surface area contributed by atoms with Gasteiger partial charge in [0.05, 0.1) is 5.69 Å². The number of furan rings is 1. The van der Waals surface area contributed by atoms with Crippen LogP contribution in [0, 0.1) is 13.8 Å². The van der Waals surface area contributed by atoms with E-state index in [9.17, 15) is 4.79 Å². The summed E-state index contributed by atoms with van der Waals surface area (Å²) >= 11 is 0. The maximum absolute atomic E-state index is 13.0. The minimum Gasteiger partial charge on any atom is -0.451 e. The number of benzene rings is 2. The van der Waals surface area contributed by atoms with Gasteiger partial charge in [0, 0.05) is 17.5 Å². The first-order valence-corrected chi connectivity index (χ1v) is 7.55. The van der Waals surface area contributed by atoms with Crippen LogP contribution in [0.3, 0.4) is 0 Å². The fourth-order valence-corrected chi connectivity index (χ4v) is 3.36. The van der Waals surface area contributed by atoms with E-state index in [2.05, 4.69) is 25.1 Å². The Morgan fingerprint density at radius 2 is 1.91 bits per heavy atom. The van der Waals surface area contributed by atoms with Crippen LogP contribution in [0.15, 0.2) is 46.9 Å². The number of nitrogens with zero attached hydrogens (tertiary/aromatic N) is 1. The monoisotopic (exact) mass is 291 g/mol. The van der Waals surface area contributed by atoms with Gasteiger partial charge in [0.25, 0.3) is 5.91 Å². The fraction of sp³-hybridized carbons (Fsp3) is 0.211. The topological polar surface area (TPSA) is 33.5 Å². The van der Waals surface area contributed by atoms with Gasteiger partial charge in [-0.05, 0) is 37.5 Å². The maximum Gasteiger partial charge on any atom is 0.294 e. The number of carbonyl (C=O) groups is 1. The second-order valence-corrected chi connectivity index (χ2v) is 5.84. The lowest BCUT2D eigenvalue weighted by atomic mass is 10.1. The number of aryl methyl sites for hydroxylation is 2. The number of amides is 1. The molecule has 0 fully saturated rings. The van der Waals surface area contributed by atoms with Crippen LogP contribution in [-0.4, -0.2) is 12.5 Å². The molecule has 0 saturated heterocycles. The molecule has 3 aromatic rings. The molecule has 1 amide bonds. The second kappa shape index (κ2) is 4.73. The zero-order valence-corrected chi connectivity index (χ0v) is 12.7. The molecule has 3 heteroatoms. The van der Waals surface area contributed by atoms with E-state index < -0.39 is 0 Å². The molecule has 0 bridgehead atoms. The van der Waals surface area contributed by atoms with Gasteiger partial charge in [-0.1, -0.05) is 36.4 Å². The Morgan fingerprint density at radius 1 is 1.09 bits per heavy atom. The van der Waals surface area contributed by atoms with Crippen molar-refractivity contribution in [2.45, 2.75) is 20.3 Å². The summed E-state index contributed by atoms with van der Waals surface area (Å²) in [5, 5.41) is 1.01. The summed E-state index contributed by atoms with van der Waals surface area (Å²) in [5.74, 6) is 0.416. The highest BCUT2D eigenvalue weighted by Crippen LogP contribution is 2.34. The van der Waals surface area contributed by atoms with Gasteiger partial charge in [0.1, 0.15) is 5.58 Å². The van der Waals surface area contributed by atoms with Crippen molar-refractivity contribution in [1.29, 1.82) is 0 Å². The van der Waals surface area contributed by atoms with Crippen molar-refractivity contribution >= 4 is 22.6 Å². The van der Waals surface area contributed by atoms with E-state index in [1.807, 2.05) is 36.1 Å². The Bertz CT molecular complexity index is 892. The highest BCUT2D eigenvalue weighted by molar-refractivity contribution is 6.09. The number of hydrogen-bond donors (Lipinski definition) is 0. The standard InChI is InChI=1S/C19H17NO2/c1-12-6-5-7-14-10-11-20(17(12)14)19(21)18-13(2)15-8-3-4-9-16(15)22-18/h3-9H,10-11H2,1-2H3. The van der Waals surface area contributed by atoms with E-state index in [1.165, 1.54) is 5.56 Å². The molecule has 4 rings (SSSR count). The van der Waals surface area contributed by atoms with Gasteiger partial charge in [0.15, 0.2) is 5.76 Å². The van der Waals surface area contributed by atoms with Crippen molar-refractivity contribution in [3.63, 3.8) is 0 Å². The van der Waals surface area contributed by atoms with Crippen LogP contribution in [-0.2, 0) is 6.42 Å². The Labute approximate surface area is 129 Å². The second-order valence-electron chi connectivity index (χ2n) is 5.84. The lowest BCUT2D eigenvalue weighted by Gasteiger charge is -2.18. The molecule has 3 nitrogen and oxygen atoms in total. The molecule has 110 valence electrons. The molecule has 0 aliphatic carbocycles. The number of para-hydroxylation sites is 2. The molecule has 1 aliphatic heterocycles. The van der Waals surface area contributed by atoms with Crippen LogP contribution in [0.1, 0.15) is 27.2 Å². The molecule has 0 N–H and O–H groups in total. The van der Waals surface area contributed by atoms with Gasteiger partial charge < -0.3 is 9.32 Å². The lowest BCUT2D eigenvalue weighted by molar-refractivity contribution is 0.0964. The SMILES string of the molecule is Cc1cccc2c1N(C(=O)c1oc3ccccc3c1C)CC2. The van der Waals surface area contributed by atoms with E-state index in [-0.39, 0.29) is 5.91 Å². The average molecular weight is 291 g/mol. The zero-order chi connectivity index (χ0) is 15.3. The van der Waals surface area contributed by atoms with Crippen LogP contribution in [0.4, 0.5) is 5.69 Å². The van der Waals surface area contributed by atoms with E-state index in [0.29, 0.717) is 5.76 Å². The minimum absolute atomic E-state index is 0.0400. The largest absolute Gasteiger partial charge is 0.451 e. The predicted octanol–water partition coefficient (Wildman–Crippen LogP) is 4.25. The van der Waals surface area contributed by atoms with E-state index in [1.54, 1.807) is 0 Å². The number of fused-ring (bicyclic) bond motifs is 2. The summed E-state index contributed by atoms with van der Waals surface area (Å²) in [6, 6.07) is 14.0. The molecular weight excluding hydrogens is 274 g/mol. The molecule has 0 unspecified atom stereocenters. The number of hydrogen-bond acceptors (Lipinski definition) is 2. The number of carbonyl (C=O) groups excluding carboxylic acids is 1. The van der Waals surface area contributed by atoms with Gasteiger partial charge in [0.2, 0.25) is 0 Å². The van der Waals surface area contributed by atoms with Gasteiger partial charge >= 0.3 is 0 Å². The van der Waals surface area contributed by atoms with Crippen LogP contribution in [0.2, 0.25) is 0 Å². The first kappa shape index (κ1) is 13.1. The van der Waals surface area contributed by atoms with Crippen LogP contribution in [0.5, 0.6) is 0 Å². The first-order chi connectivity index (χ1) is 10.7. The normalized spacial score (nSPS) is 13.6. The predicted molar refractivity (Wildman–Crippen MR) is 87.5 cm³/mol. The third-order valence-electron chi connectivity index (χ3n) is 4.48. The Kier molecular flexibility index (Phi) is 2.83. The highest BCUT2D eigenvalue weighted by Gasteiger charge is 2.30. The Hall–Kier alpha value is -2.55. The lowest BCUT2D eigenvalue weighted by Crippen LogP contribution is -2.29. The van der Waals surface area contributed by atoms with Crippen molar-refractivity contribution in [3.8, 4) is 0 Å². The van der Waals surface area contributed by atoms with Crippen LogP contribution >= 0.6 is 0 Å². The van der Waals surface area contributed by atoms with Crippen molar-refractivity contribution in [2.75, 3.05) is 11.4 Å². The molecular formula is C19H17NO2.